The predicted molar refractivity (Wildman–Crippen MR) is 56.9 cm³/mol. The first-order valence-electron chi connectivity index (χ1n) is 5.47. The molecule has 0 radical (unpaired) electrons. The van der Waals surface area contributed by atoms with E-state index in [-0.39, 0.29) is 6.04 Å². The van der Waals surface area contributed by atoms with Gasteiger partial charge in [0.2, 0.25) is 0 Å². The van der Waals surface area contributed by atoms with Crippen LogP contribution in [0.5, 0.6) is 0 Å². The van der Waals surface area contributed by atoms with E-state index in [0.29, 0.717) is 5.92 Å². The molecule has 3 heteroatoms. The second kappa shape index (κ2) is 3.73. The molecule has 0 saturated heterocycles. The quantitative estimate of drug-likeness (QED) is 0.757. The molecular formula is C11H19N3. The van der Waals surface area contributed by atoms with E-state index in [1.807, 2.05) is 13.1 Å². The number of H-pyrrole nitrogens is 1. The summed E-state index contributed by atoms with van der Waals surface area (Å²) < 4.78 is 0. The van der Waals surface area contributed by atoms with Gasteiger partial charge in [-0.3, -0.25) is 0 Å². The van der Waals surface area contributed by atoms with Crippen LogP contribution in [0.2, 0.25) is 0 Å². The Hall–Kier alpha value is -0.830. The fourth-order valence-corrected chi connectivity index (χ4v) is 2.25. The van der Waals surface area contributed by atoms with Gasteiger partial charge in [0.05, 0.1) is 5.69 Å². The van der Waals surface area contributed by atoms with Gasteiger partial charge in [0.15, 0.2) is 0 Å². The van der Waals surface area contributed by atoms with Gasteiger partial charge < -0.3 is 10.7 Å². The lowest BCUT2D eigenvalue weighted by atomic mass is 10.1. The van der Waals surface area contributed by atoms with Crippen LogP contribution in [0.25, 0.3) is 0 Å². The minimum Gasteiger partial charge on any atom is -0.344 e. The SMILES string of the molecule is CC1CCC(c2ncc(C(C)N)[nH]2)C1. The summed E-state index contributed by atoms with van der Waals surface area (Å²) in [4.78, 5) is 7.76. The number of rotatable bonds is 2. The Kier molecular flexibility index (Phi) is 2.59. The first kappa shape index (κ1) is 9.71. The molecular weight excluding hydrogens is 174 g/mol. The minimum atomic E-state index is 0.0649. The lowest BCUT2D eigenvalue weighted by molar-refractivity contribution is 0.587. The summed E-state index contributed by atoms with van der Waals surface area (Å²) in [5.41, 5.74) is 6.84. The molecule has 1 aromatic heterocycles. The number of nitrogens with one attached hydrogen (secondary N) is 1. The van der Waals surface area contributed by atoms with Crippen LogP contribution in [-0.2, 0) is 0 Å². The van der Waals surface area contributed by atoms with E-state index in [1.165, 1.54) is 19.3 Å². The van der Waals surface area contributed by atoms with Crippen molar-refractivity contribution in [1.29, 1.82) is 0 Å². The topological polar surface area (TPSA) is 54.7 Å². The van der Waals surface area contributed by atoms with E-state index in [1.54, 1.807) is 0 Å². The molecule has 3 nitrogen and oxygen atoms in total. The molecule has 0 aromatic carbocycles. The van der Waals surface area contributed by atoms with E-state index in [2.05, 4.69) is 16.9 Å². The Morgan fingerprint density at radius 1 is 1.57 bits per heavy atom. The highest BCUT2D eigenvalue weighted by Gasteiger charge is 2.25. The van der Waals surface area contributed by atoms with Gasteiger partial charge in [-0.05, 0) is 32.1 Å². The van der Waals surface area contributed by atoms with Crippen LogP contribution in [0.1, 0.15) is 56.6 Å². The number of aromatic amines is 1. The van der Waals surface area contributed by atoms with Crippen LogP contribution in [0, 0.1) is 5.92 Å². The van der Waals surface area contributed by atoms with Gasteiger partial charge in [-0.15, -0.1) is 0 Å². The summed E-state index contributed by atoms with van der Waals surface area (Å²) in [7, 11) is 0. The number of hydrogen-bond acceptors (Lipinski definition) is 2. The second-order valence-electron chi connectivity index (χ2n) is 4.63. The Balaban J connectivity index is 2.09. The molecule has 1 aromatic rings. The Morgan fingerprint density at radius 2 is 2.36 bits per heavy atom. The van der Waals surface area contributed by atoms with Gasteiger partial charge in [-0.25, -0.2) is 4.98 Å². The van der Waals surface area contributed by atoms with Gasteiger partial charge in [0, 0.05) is 18.2 Å². The summed E-state index contributed by atoms with van der Waals surface area (Å²) in [6.45, 7) is 4.30. The summed E-state index contributed by atoms with van der Waals surface area (Å²) in [6, 6.07) is 0.0649. The van der Waals surface area contributed by atoms with Crippen molar-refractivity contribution in [2.45, 2.75) is 45.1 Å². The van der Waals surface area contributed by atoms with E-state index in [4.69, 9.17) is 5.73 Å². The number of imidazole rings is 1. The van der Waals surface area contributed by atoms with E-state index in [0.717, 1.165) is 17.4 Å². The van der Waals surface area contributed by atoms with Crippen LogP contribution < -0.4 is 5.73 Å². The van der Waals surface area contributed by atoms with Crippen molar-refractivity contribution < 1.29 is 0 Å². The minimum absolute atomic E-state index is 0.0649. The molecule has 3 atom stereocenters. The lowest BCUT2D eigenvalue weighted by Crippen LogP contribution is -2.05. The smallest absolute Gasteiger partial charge is 0.109 e. The molecule has 1 aliphatic rings. The molecule has 0 aliphatic heterocycles. The second-order valence-corrected chi connectivity index (χ2v) is 4.63. The highest BCUT2D eigenvalue weighted by Crippen LogP contribution is 2.36. The molecule has 3 N–H and O–H groups in total. The van der Waals surface area contributed by atoms with Crippen LogP contribution in [-0.4, -0.2) is 9.97 Å². The van der Waals surface area contributed by atoms with Crippen molar-refractivity contribution in [3.05, 3.63) is 17.7 Å². The van der Waals surface area contributed by atoms with Crippen LogP contribution in [0.4, 0.5) is 0 Å². The monoisotopic (exact) mass is 193 g/mol. The Morgan fingerprint density at radius 3 is 2.86 bits per heavy atom. The van der Waals surface area contributed by atoms with Crippen LogP contribution in [0.15, 0.2) is 6.20 Å². The molecule has 1 saturated carbocycles. The maximum Gasteiger partial charge on any atom is 0.109 e. The molecule has 14 heavy (non-hydrogen) atoms. The average Bonchev–Trinajstić information content (AvgIpc) is 2.70. The number of nitrogens with two attached hydrogens (primary N) is 1. The van der Waals surface area contributed by atoms with Crippen molar-refractivity contribution in [3.63, 3.8) is 0 Å². The van der Waals surface area contributed by atoms with Crippen molar-refractivity contribution in [2.75, 3.05) is 0 Å². The molecule has 1 fully saturated rings. The molecule has 0 amide bonds. The first-order chi connectivity index (χ1) is 6.66. The molecule has 0 bridgehead atoms. The van der Waals surface area contributed by atoms with Gasteiger partial charge >= 0.3 is 0 Å². The maximum absolute atomic E-state index is 5.78. The summed E-state index contributed by atoms with van der Waals surface area (Å²) >= 11 is 0. The number of hydrogen-bond donors (Lipinski definition) is 2. The zero-order chi connectivity index (χ0) is 10.1. The molecule has 2 rings (SSSR count). The zero-order valence-corrected chi connectivity index (χ0v) is 8.96. The summed E-state index contributed by atoms with van der Waals surface area (Å²) in [6.07, 6.45) is 5.75. The van der Waals surface area contributed by atoms with Crippen molar-refractivity contribution in [3.8, 4) is 0 Å². The molecule has 1 aliphatic carbocycles. The zero-order valence-electron chi connectivity index (χ0n) is 8.96. The fourth-order valence-electron chi connectivity index (χ4n) is 2.25. The molecule has 1 heterocycles. The molecule has 3 unspecified atom stereocenters. The lowest BCUT2D eigenvalue weighted by Gasteiger charge is -2.05. The van der Waals surface area contributed by atoms with Crippen molar-refractivity contribution in [1.82, 2.24) is 9.97 Å². The standard InChI is InChI=1S/C11H19N3/c1-7-3-4-9(5-7)11-13-6-10(14-11)8(2)12/h6-9H,3-5,12H2,1-2H3,(H,13,14). The normalized spacial score (nSPS) is 29.4. The van der Waals surface area contributed by atoms with Crippen molar-refractivity contribution >= 4 is 0 Å². The van der Waals surface area contributed by atoms with Gasteiger partial charge in [-0.2, -0.15) is 0 Å². The molecule has 78 valence electrons. The van der Waals surface area contributed by atoms with E-state index in [9.17, 15) is 0 Å². The number of nitrogens with zero attached hydrogens (tertiary/aromatic N) is 1. The van der Waals surface area contributed by atoms with Crippen LogP contribution in [0.3, 0.4) is 0 Å². The fraction of sp³-hybridized carbons (Fsp3) is 0.727. The van der Waals surface area contributed by atoms with Gasteiger partial charge in [0.1, 0.15) is 5.82 Å². The Bertz CT molecular complexity index is 303. The van der Waals surface area contributed by atoms with Gasteiger partial charge in [-0.1, -0.05) is 6.92 Å². The van der Waals surface area contributed by atoms with Crippen molar-refractivity contribution in [2.24, 2.45) is 11.7 Å². The summed E-state index contributed by atoms with van der Waals surface area (Å²) in [5, 5.41) is 0. The third-order valence-electron chi connectivity index (χ3n) is 3.19. The third-order valence-corrected chi connectivity index (χ3v) is 3.19. The highest BCUT2D eigenvalue weighted by molar-refractivity contribution is 5.09. The molecule has 0 spiro atoms. The first-order valence-corrected chi connectivity index (χ1v) is 5.47. The number of aromatic nitrogens is 2. The third kappa shape index (κ3) is 1.82. The highest BCUT2D eigenvalue weighted by atomic mass is 14.9. The van der Waals surface area contributed by atoms with E-state index >= 15 is 0 Å². The largest absolute Gasteiger partial charge is 0.344 e. The van der Waals surface area contributed by atoms with Gasteiger partial charge in [0.25, 0.3) is 0 Å². The van der Waals surface area contributed by atoms with Crippen LogP contribution >= 0.6 is 0 Å². The predicted octanol–water partition coefficient (Wildman–Crippen LogP) is 2.33. The Labute approximate surface area is 85.1 Å². The summed E-state index contributed by atoms with van der Waals surface area (Å²) in [5.74, 6) is 2.63. The average molecular weight is 193 g/mol. The maximum atomic E-state index is 5.78. The van der Waals surface area contributed by atoms with E-state index < -0.39 is 0 Å².